The SMILES string of the molecule is O=C(CSc1ccccc1C(=O)Nc1ccc(-n2ccnc2)cc1)NCC1CCCCC1. The van der Waals surface area contributed by atoms with E-state index < -0.39 is 0 Å². The summed E-state index contributed by atoms with van der Waals surface area (Å²) < 4.78 is 1.90. The van der Waals surface area contributed by atoms with Gasteiger partial charge in [-0.05, 0) is 55.2 Å². The monoisotopic (exact) mass is 448 g/mol. The number of nitrogens with zero attached hydrogens (tertiary/aromatic N) is 2. The lowest BCUT2D eigenvalue weighted by atomic mass is 9.89. The van der Waals surface area contributed by atoms with Gasteiger partial charge in [0.1, 0.15) is 0 Å². The molecule has 4 rings (SSSR count). The largest absolute Gasteiger partial charge is 0.355 e. The Hall–Kier alpha value is -3.06. The van der Waals surface area contributed by atoms with E-state index in [0.717, 1.165) is 17.1 Å². The number of aromatic nitrogens is 2. The average molecular weight is 449 g/mol. The van der Waals surface area contributed by atoms with Crippen LogP contribution in [0.1, 0.15) is 42.5 Å². The first-order chi connectivity index (χ1) is 15.7. The molecule has 0 radical (unpaired) electrons. The molecule has 0 unspecified atom stereocenters. The maximum atomic E-state index is 12.9. The molecule has 2 amide bonds. The van der Waals surface area contributed by atoms with Gasteiger partial charge in [-0.15, -0.1) is 11.8 Å². The lowest BCUT2D eigenvalue weighted by Gasteiger charge is -2.21. The van der Waals surface area contributed by atoms with Gasteiger partial charge in [0.25, 0.3) is 5.91 Å². The van der Waals surface area contributed by atoms with E-state index in [-0.39, 0.29) is 11.8 Å². The molecular weight excluding hydrogens is 420 g/mol. The fourth-order valence-electron chi connectivity index (χ4n) is 3.95. The first-order valence-electron chi connectivity index (χ1n) is 11.1. The Labute approximate surface area is 192 Å². The molecule has 2 aromatic carbocycles. The van der Waals surface area contributed by atoms with Gasteiger partial charge in [-0.1, -0.05) is 31.4 Å². The molecule has 1 aromatic heterocycles. The summed E-state index contributed by atoms with van der Waals surface area (Å²) in [5.41, 5.74) is 2.25. The molecule has 7 heteroatoms. The van der Waals surface area contributed by atoms with Crippen LogP contribution in [0.3, 0.4) is 0 Å². The predicted molar refractivity (Wildman–Crippen MR) is 128 cm³/mol. The van der Waals surface area contributed by atoms with E-state index in [9.17, 15) is 9.59 Å². The van der Waals surface area contributed by atoms with Crippen molar-refractivity contribution < 1.29 is 9.59 Å². The van der Waals surface area contributed by atoms with Gasteiger partial charge in [0.15, 0.2) is 0 Å². The van der Waals surface area contributed by atoms with Crippen molar-refractivity contribution in [3.8, 4) is 5.69 Å². The molecule has 0 bridgehead atoms. The quantitative estimate of drug-likeness (QED) is 0.480. The van der Waals surface area contributed by atoms with Crippen LogP contribution >= 0.6 is 11.8 Å². The molecule has 32 heavy (non-hydrogen) atoms. The summed E-state index contributed by atoms with van der Waals surface area (Å²) in [6.45, 7) is 0.761. The number of benzene rings is 2. The Balaban J connectivity index is 1.32. The number of thioether (sulfide) groups is 1. The minimum Gasteiger partial charge on any atom is -0.355 e. The summed E-state index contributed by atoms with van der Waals surface area (Å²) in [5, 5.41) is 6.01. The molecule has 3 aromatic rings. The number of carbonyl (C=O) groups is 2. The van der Waals surface area contributed by atoms with Crippen LogP contribution in [0.5, 0.6) is 0 Å². The van der Waals surface area contributed by atoms with Gasteiger partial charge in [0, 0.05) is 35.2 Å². The zero-order valence-electron chi connectivity index (χ0n) is 18.0. The molecule has 1 heterocycles. The highest BCUT2D eigenvalue weighted by molar-refractivity contribution is 8.00. The van der Waals surface area contributed by atoms with Crippen LogP contribution in [-0.4, -0.2) is 33.7 Å². The third kappa shape index (κ3) is 6.01. The van der Waals surface area contributed by atoms with Crippen LogP contribution in [0.2, 0.25) is 0 Å². The van der Waals surface area contributed by atoms with Gasteiger partial charge in [0.05, 0.1) is 17.6 Å². The maximum absolute atomic E-state index is 12.9. The molecule has 6 nitrogen and oxygen atoms in total. The summed E-state index contributed by atoms with van der Waals surface area (Å²) in [6, 6.07) is 15.0. The topological polar surface area (TPSA) is 76.0 Å². The lowest BCUT2D eigenvalue weighted by molar-refractivity contribution is -0.118. The third-order valence-corrected chi connectivity index (χ3v) is 6.80. The van der Waals surface area contributed by atoms with Crippen molar-refractivity contribution in [2.75, 3.05) is 17.6 Å². The minimum absolute atomic E-state index is 0.0193. The second kappa shape index (κ2) is 11.0. The van der Waals surface area contributed by atoms with E-state index >= 15 is 0 Å². The van der Waals surface area contributed by atoms with E-state index in [1.807, 2.05) is 53.2 Å². The maximum Gasteiger partial charge on any atom is 0.256 e. The molecule has 2 N–H and O–H groups in total. The Bertz CT molecular complexity index is 1030. The second-order valence-electron chi connectivity index (χ2n) is 8.06. The highest BCUT2D eigenvalue weighted by Gasteiger charge is 2.16. The second-order valence-corrected chi connectivity index (χ2v) is 9.08. The Morgan fingerprint density at radius 1 is 1.03 bits per heavy atom. The summed E-state index contributed by atoms with van der Waals surface area (Å²) in [6.07, 6.45) is 11.6. The van der Waals surface area contributed by atoms with Gasteiger partial charge in [-0.2, -0.15) is 0 Å². The normalized spacial score (nSPS) is 14.1. The van der Waals surface area contributed by atoms with Crippen LogP contribution in [-0.2, 0) is 4.79 Å². The van der Waals surface area contributed by atoms with Gasteiger partial charge in [-0.25, -0.2) is 4.98 Å². The first kappa shape index (κ1) is 22.1. The molecule has 1 fully saturated rings. The number of hydrogen-bond acceptors (Lipinski definition) is 4. The minimum atomic E-state index is -0.189. The van der Waals surface area contributed by atoms with Gasteiger partial charge in [-0.3, -0.25) is 9.59 Å². The smallest absolute Gasteiger partial charge is 0.256 e. The van der Waals surface area contributed by atoms with Gasteiger partial charge >= 0.3 is 0 Å². The van der Waals surface area contributed by atoms with Crippen LogP contribution in [0.4, 0.5) is 5.69 Å². The van der Waals surface area contributed by atoms with Crippen LogP contribution in [0, 0.1) is 5.92 Å². The molecule has 1 aliphatic carbocycles. The van der Waals surface area contributed by atoms with Crippen LogP contribution < -0.4 is 10.6 Å². The van der Waals surface area contributed by atoms with Crippen molar-refractivity contribution in [3.05, 3.63) is 72.8 Å². The van der Waals surface area contributed by atoms with Crippen molar-refractivity contribution >= 4 is 29.3 Å². The molecule has 0 saturated heterocycles. The summed E-state index contributed by atoms with van der Waals surface area (Å²) in [4.78, 5) is 30.1. The Morgan fingerprint density at radius 3 is 2.56 bits per heavy atom. The van der Waals surface area contributed by atoms with Crippen LogP contribution in [0.25, 0.3) is 5.69 Å². The predicted octanol–water partition coefficient (Wildman–Crippen LogP) is 4.91. The highest BCUT2D eigenvalue weighted by atomic mass is 32.2. The number of imidazole rings is 1. The van der Waals surface area contributed by atoms with Gasteiger partial charge in [0.2, 0.25) is 5.91 Å². The number of hydrogen-bond donors (Lipinski definition) is 2. The number of carbonyl (C=O) groups excluding carboxylic acids is 2. The first-order valence-corrected chi connectivity index (χ1v) is 12.1. The van der Waals surface area contributed by atoms with Crippen molar-refractivity contribution in [2.45, 2.75) is 37.0 Å². The van der Waals surface area contributed by atoms with E-state index in [2.05, 4.69) is 15.6 Å². The fourth-order valence-corrected chi connectivity index (χ4v) is 4.83. The lowest BCUT2D eigenvalue weighted by Crippen LogP contribution is -2.31. The zero-order valence-corrected chi connectivity index (χ0v) is 18.8. The molecule has 0 aliphatic heterocycles. The third-order valence-electron chi connectivity index (χ3n) is 5.73. The molecule has 0 spiro atoms. The fraction of sp³-hybridized carbons (Fsp3) is 0.320. The van der Waals surface area contributed by atoms with Crippen molar-refractivity contribution in [2.24, 2.45) is 5.92 Å². The summed E-state index contributed by atoms with van der Waals surface area (Å²) >= 11 is 1.40. The van der Waals surface area contributed by atoms with E-state index in [1.165, 1.54) is 43.9 Å². The zero-order chi connectivity index (χ0) is 22.2. The molecule has 1 saturated carbocycles. The number of amides is 2. The number of rotatable bonds is 8. The summed E-state index contributed by atoms with van der Waals surface area (Å²) in [5.74, 6) is 0.740. The molecule has 0 atom stereocenters. The Kier molecular flexibility index (Phi) is 7.61. The van der Waals surface area contributed by atoms with Gasteiger partial charge < -0.3 is 15.2 Å². The number of nitrogens with one attached hydrogen (secondary N) is 2. The Morgan fingerprint density at radius 2 is 1.81 bits per heavy atom. The average Bonchev–Trinajstić information content (AvgIpc) is 3.38. The van der Waals surface area contributed by atoms with Crippen molar-refractivity contribution in [3.63, 3.8) is 0 Å². The van der Waals surface area contributed by atoms with Crippen LogP contribution in [0.15, 0.2) is 72.1 Å². The van der Waals surface area contributed by atoms with E-state index in [0.29, 0.717) is 22.9 Å². The van der Waals surface area contributed by atoms with E-state index in [1.54, 1.807) is 18.6 Å². The van der Waals surface area contributed by atoms with Crippen molar-refractivity contribution in [1.29, 1.82) is 0 Å². The van der Waals surface area contributed by atoms with Crippen molar-refractivity contribution in [1.82, 2.24) is 14.9 Å². The number of anilines is 1. The van der Waals surface area contributed by atoms with E-state index in [4.69, 9.17) is 0 Å². The standard InChI is InChI=1S/C25H28N4O2S/c30-24(27-16-19-6-2-1-3-7-19)17-32-23-9-5-4-8-22(23)25(31)28-20-10-12-21(13-11-20)29-15-14-26-18-29/h4-5,8-15,18-19H,1-3,6-7,16-17H2,(H,27,30)(H,28,31). The molecular formula is C25H28N4O2S. The molecule has 1 aliphatic rings. The summed E-state index contributed by atoms with van der Waals surface area (Å²) in [7, 11) is 0. The molecule has 166 valence electrons. The highest BCUT2D eigenvalue weighted by Crippen LogP contribution is 2.25.